The van der Waals surface area contributed by atoms with Gasteiger partial charge in [0.15, 0.2) is 0 Å². The Morgan fingerprint density at radius 2 is 1.04 bits per heavy atom. The fourth-order valence-corrected chi connectivity index (χ4v) is 6.69. The number of nitrogens with zero attached hydrogens (tertiary/aromatic N) is 3. The fraction of sp³-hybridized carbons (Fsp3) is 0. The van der Waals surface area contributed by atoms with Gasteiger partial charge < -0.3 is 0 Å². The lowest BCUT2D eigenvalue weighted by molar-refractivity contribution is 1.10. The third kappa shape index (κ3) is 4.21. The van der Waals surface area contributed by atoms with Crippen LogP contribution in [0.1, 0.15) is 0 Å². The minimum atomic E-state index is 0.937. The van der Waals surface area contributed by atoms with Gasteiger partial charge in [0.2, 0.25) is 0 Å². The van der Waals surface area contributed by atoms with Crippen molar-refractivity contribution in [2.75, 3.05) is 0 Å². The quantitative estimate of drug-likeness (QED) is 0.196. The van der Waals surface area contributed by atoms with Crippen molar-refractivity contribution in [2.24, 2.45) is 0 Å². The summed E-state index contributed by atoms with van der Waals surface area (Å²) in [7, 11) is 0. The van der Waals surface area contributed by atoms with Crippen molar-refractivity contribution >= 4 is 43.5 Å². The van der Waals surface area contributed by atoms with E-state index >= 15 is 0 Å². The van der Waals surface area contributed by atoms with Gasteiger partial charge in [-0.2, -0.15) is 0 Å². The summed E-state index contributed by atoms with van der Waals surface area (Å²) in [6.45, 7) is 0. The maximum absolute atomic E-state index is 5.05. The zero-order chi connectivity index (χ0) is 29.7. The molecule has 0 saturated heterocycles. The van der Waals surface area contributed by atoms with Gasteiger partial charge in [0.1, 0.15) is 5.82 Å². The molecule has 0 N–H and O–H groups in total. The molecule has 0 fully saturated rings. The highest BCUT2D eigenvalue weighted by atomic mass is 15.1. The maximum atomic E-state index is 5.05. The third-order valence-corrected chi connectivity index (χ3v) is 8.86. The lowest BCUT2D eigenvalue weighted by atomic mass is 9.91. The number of benzene rings is 7. The normalized spacial score (nSPS) is 11.6. The second kappa shape index (κ2) is 10.3. The molecule has 9 aromatic rings. The van der Waals surface area contributed by atoms with Gasteiger partial charge in [-0.05, 0) is 68.7 Å². The van der Waals surface area contributed by atoms with Gasteiger partial charge in [0, 0.05) is 28.2 Å². The van der Waals surface area contributed by atoms with Gasteiger partial charge in [-0.1, -0.05) is 127 Å². The van der Waals surface area contributed by atoms with E-state index in [4.69, 9.17) is 9.97 Å². The van der Waals surface area contributed by atoms with E-state index in [2.05, 4.69) is 150 Å². The van der Waals surface area contributed by atoms with Crippen LogP contribution in [-0.4, -0.2) is 14.5 Å². The summed E-state index contributed by atoms with van der Waals surface area (Å²) in [5.74, 6) is 0.937. The highest BCUT2D eigenvalue weighted by molar-refractivity contribution is 6.09. The molecule has 0 atom stereocenters. The van der Waals surface area contributed by atoms with Gasteiger partial charge >= 0.3 is 0 Å². The van der Waals surface area contributed by atoms with Gasteiger partial charge in [-0.25, -0.2) is 4.98 Å². The number of hydrogen-bond acceptors (Lipinski definition) is 2. The topological polar surface area (TPSA) is 30.7 Å². The summed E-state index contributed by atoms with van der Waals surface area (Å²) >= 11 is 0. The molecule has 210 valence electrons. The molecule has 0 radical (unpaired) electrons. The van der Waals surface area contributed by atoms with Crippen LogP contribution in [0.2, 0.25) is 0 Å². The third-order valence-electron chi connectivity index (χ3n) is 8.86. The molecule has 0 amide bonds. The van der Waals surface area contributed by atoms with E-state index in [1.165, 1.54) is 43.8 Å². The number of imidazole rings is 1. The lowest BCUT2D eigenvalue weighted by Crippen LogP contribution is -1.97. The number of hydrogen-bond donors (Lipinski definition) is 0. The zero-order valence-corrected chi connectivity index (χ0v) is 24.4. The molecule has 2 heterocycles. The summed E-state index contributed by atoms with van der Waals surface area (Å²) in [6, 6.07) is 55.9. The first-order valence-corrected chi connectivity index (χ1v) is 15.3. The summed E-state index contributed by atoms with van der Waals surface area (Å²) in [5, 5.41) is 6.03. The van der Waals surface area contributed by atoms with E-state index in [1.54, 1.807) is 0 Å². The standard InChI is InChI=1S/C42H27N3/c1-2-11-32(12-3-1)45-41-17-9-8-16-39(41)44-42(45)29-20-18-28(19-21-29)34-24-25-35(37-15-7-6-14-36(34)37)30-22-23-38-33-13-5-4-10-31(33)27-43-40(38)26-30/h1-27H. The van der Waals surface area contributed by atoms with Crippen molar-refractivity contribution in [3.63, 3.8) is 0 Å². The Labute approximate surface area is 260 Å². The van der Waals surface area contributed by atoms with Crippen molar-refractivity contribution in [3.05, 3.63) is 164 Å². The highest BCUT2D eigenvalue weighted by Crippen LogP contribution is 2.38. The summed E-state index contributed by atoms with van der Waals surface area (Å²) in [6.07, 6.45) is 1.97. The Balaban J connectivity index is 1.14. The Bertz CT molecular complexity index is 2530. The van der Waals surface area contributed by atoms with Crippen LogP contribution < -0.4 is 0 Å². The van der Waals surface area contributed by atoms with Crippen LogP contribution in [0.3, 0.4) is 0 Å². The van der Waals surface area contributed by atoms with E-state index < -0.39 is 0 Å². The number of pyridine rings is 1. The molecule has 7 aromatic carbocycles. The Hall–Kier alpha value is -6.06. The molecule has 2 aromatic heterocycles. The predicted molar refractivity (Wildman–Crippen MR) is 188 cm³/mol. The molecule has 45 heavy (non-hydrogen) atoms. The Kier molecular flexibility index (Phi) is 5.82. The van der Waals surface area contributed by atoms with Crippen molar-refractivity contribution in [3.8, 4) is 39.3 Å². The number of aromatic nitrogens is 3. The van der Waals surface area contributed by atoms with E-state index in [0.29, 0.717) is 0 Å². The molecule has 0 saturated carbocycles. The van der Waals surface area contributed by atoms with Crippen molar-refractivity contribution in [1.29, 1.82) is 0 Å². The largest absolute Gasteiger partial charge is 0.292 e. The maximum Gasteiger partial charge on any atom is 0.145 e. The van der Waals surface area contributed by atoms with Crippen LogP contribution in [0, 0.1) is 0 Å². The molecular weight excluding hydrogens is 546 g/mol. The Morgan fingerprint density at radius 3 is 1.84 bits per heavy atom. The first-order valence-electron chi connectivity index (χ1n) is 15.3. The summed E-state index contributed by atoms with van der Waals surface area (Å²) < 4.78 is 2.25. The molecule has 0 spiro atoms. The molecule has 0 aliphatic carbocycles. The number of para-hydroxylation sites is 3. The molecular formula is C42H27N3. The second-order valence-corrected chi connectivity index (χ2v) is 11.5. The van der Waals surface area contributed by atoms with E-state index in [0.717, 1.165) is 39.0 Å². The molecule has 0 unspecified atom stereocenters. The van der Waals surface area contributed by atoms with Gasteiger partial charge in [0.25, 0.3) is 0 Å². The first kappa shape index (κ1) is 25.4. The van der Waals surface area contributed by atoms with Crippen LogP contribution in [0.4, 0.5) is 0 Å². The molecule has 9 rings (SSSR count). The molecule has 3 heteroatoms. The molecule has 0 bridgehead atoms. The number of rotatable bonds is 4. The van der Waals surface area contributed by atoms with Crippen LogP contribution in [-0.2, 0) is 0 Å². The van der Waals surface area contributed by atoms with Gasteiger partial charge in [-0.3, -0.25) is 9.55 Å². The van der Waals surface area contributed by atoms with E-state index in [1.807, 2.05) is 18.3 Å². The number of fused-ring (bicyclic) bond motifs is 5. The molecule has 0 aliphatic rings. The van der Waals surface area contributed by atoms with Crippen LogP contribution in [0.25, 0.3) is 82.8 Å². The minimum Gasteiger partial charge on any atom is -0.292 e. The van der Waals surface area contributed by atoms with Crippen LogP contribution >= 0.6 is 0 Å². The van der Waals surface area contributed by atoms with Crippen LogP contribution in [0.5, 0.6) is 0 Å². The summed E-state index contributed by atoms with van der Waals surface area (Å²) in [5.41, 5.74) is 10.0. The van der Waals surface area contributed by atoms with Crippen molar-refractivity contribution < 1.29 is 0 Å². The zero-order valence-electron chi connectivity index (χ0n) is 24.4. The highest BCUT2D eigenvalue weighted by Gasteiger charge is 2.15. The first-order chi connectivity index (χ1) is 22.3. The van der Waals surface area contributed by atoms with Crippen molar-refractivity contribution in [2.45, 2.75) is 0 Å². The monoisotopic (exact) mass is 573 g/mol. The van der Waals surface area contributed by atoms with E-state index in [9.17, 15) is 0 Å². The van der Waals surface area contributed by atoms with E-state index in [-0.39, 0.29) is 0 Å². The SMILES string of the molecule is c1ccc(-n2c(-c3ccc(-c4ccc(-c5ccc6c(c5)ncc5ccccc56)c5ccccc45)cc3)nc3ccccc32)cc1. The fourth-order valence-electron chi connectivity index (χ4n) is 6.69. The summed E-state index contributed by atoms with van der Waals surface area (Å²) in [4.78, 5) is 9.86. The minimum absolute atomic E-state index is 0.937. The van der Waals surface area contributed by atoms with Gasteiger partial charge in [-0.15, -0.1) is 0 Å². The average Bonchev–Trinajstić information content (AvgIpc) is 3.51. The average molecular weight is 574 g/mol. The lowest BCUT2D eigenvalue weighted by Gasteiger charge is -2.14. The predicted octanol–water partition coefficient (Wildman–Crippen LogP) is 10.9. The van der Waals surface area contributed by atoms with Gasteiger partial charge in [0.05, 0.1) is 16.6 Å². The Morgan fingerprint density at radius 1 is 0.422 bits per heavy atom. The van der Waals surface area contributed by atoms with Crippen molar-refractivity contribution in [1.82, 2.24) is 14.5 Å². The van der Waals surface area contributed by atoms with Crippen LogP contribution in [0.15, 0.2) is 164 Å². The smallest absolute Gasteiger partial charge is 0.145 e. The second-order valence-electron chi connectivity index (χ2n) is 11.5. The molecule has 0 aliphatic heterocycles. The molecule has 3 nitrogen and oxygen atoms in total.